The molecule has 3 aromatic carbocycles. The van der Waals surface area contributed by atoms with Gasteiger partial charge in [-0.1, -0.05) is 48.5 Å². The van der Waals surface area contributed by atoms with Crippen molar-refractivity contribution in [2.75, 3.05) is 26.2 Å². The van der Waals surface area contributed by atoms with Crippen LogP contribution in [-0.4, -0.2) is 36.9 Å². The average molecular weight is 494 g/mol. The molecule has 32 heavy (non-hydrogen) atoms. The number of para-hydroxylation sites is 3. The standard InChI is InChI=1S/C27H27NO3.BrH/c29-26-22-11-4-6-13-24(22)31-25-14-7-5-12-23(25)27(26)15-18-28(19-16-27)17-8-20-30-21-9-2-1-3-10-21;/h1-7,9-14H,8,15-20H2;1H. The maximum atomic E-state index is 13.8. The fourth-order valence-electron chi connectivity index (χ4n) is 4.84. The molecular formula is C27H28BrNO3. The minimum Gasteiger partial charge on any atom is -0.494 e. The van der Waals surface area contributed by atoms with Crippen LogP contribution in [0.1, 0.15) is 35.2 Å². The number of Topliss-reactive ketones (excluding diaryl/α,β-unsaturated/α-hetero) is 1. The number of ketones is 1. The number of rotatable bonds is 5. The number of likely N-dealkylation sites (tertiary alicyclic amines) is 1. The first kappa shape index (κ1) is 22.6. The minimum absolute atomic E-state index is 0. The summed E-state index contributed by atoms with van der Waals surface area (Å²) in [4.78, 5) is 16.2. The molecule has 0 radical (unpaired) electrons. The number of hydrogen-bond donors (Lipinski definition) is 0. The van der Waals surface area contributed by atoms with Gasteiger partial charge in [-0.3, -0.25) is 4.79 Å². The van der Waals surface area contributed by atoms with Gasteiger partial charge in [0.25, 0.3) is 0 Å². The SMILES string of the molecule is Br.O=C1c2ccccc2Oc2ccccc2C12CCN(CCCOc1ccccc1)CC2. The van der Waals surface area contributed by atoms with E-state index in [4.69, 9.17) is 9.47 Å². The van der Waals surface area contributed by atoms with Crippen molar-refractivity contribution < 1.29 is 14.3 Å². The van der Waals surface area contributed by atoms with Gasteiger partial charge in [-0.25, -0.2) is 0 Å². The summed E-state index contributed by atoms with van der Waals surface area (Å²) >= 11 is 0. The topological polar surface area (TPSA) is 38.8 Å². The van der Waals surface area contributed by atoms with Crippen LogP contribution in [0.3, 0.4) is 0 Å². The zero-order chi connectivity index (χ0) is 21.1. The molecule has 2 heterocycles. The zero-order valence-corrected chi connectivity index (χ0v) is 19.7. The molecule has 2 aliphatic heterocycles. The van der Waals surface area contributed by atoms with Gasteiger partial charge >= 0.3 is 0 Å². The van der Waals surface area contributed by atoms with E-state index in [0.29, 0.717) is 17.9 Å². The van der Waals surface area contributed by atoms with Crippen molar-refractivity contribution in [1.29, 1.82) is 0 Å². The van der Waals surface area contributed by atoms with Gasteiger partial charge in [-0.05, 0) is 62.7 Å². The lowest BCUT2D eigenvalue weighted by atomic mass is 9.68. The van der Waals surface area contributed by atoms with Crippen LogP contribution in [0, 0.1) is 0 Å². The molecule has 1 spiro atoms. The lowest BCUT2D eigenvalue weighted by Gasteiger charge is -2.40. The maximum Gasteiger partial charge on any atom is 0.177 e. The summed E-state index contributed by atoms with van der Waals surface area (Å²) in [6.07, 6.45) is 2.58. The van der Waals surface area contributed by atoms with Crippen molar-refractivity contribution in [3.05, 3.63) is 90.0 Å². The van der Waals surface area contributed by atoms with E-state index in [9.17, 15) is 4.79 Å². The van der Waals surface area contributed by atoms with Crippen molar-refractivity contribution >= 4 is 22.8 Å². The Morgan fingerprint density at radius 3 is 2.28 bits per heavy atom. The van der Waals surface area contributed by atoms with Crippen LogP contribution in [0.5, 0.6) is 17.2 Å². The van der Waals surface area contributed by atoms with Crippen LogP contribution >= 0.6 is 17.0 Å². The summed E-state index contributed by atoms with van der Waals surface area (Å²) in [7, 11) is 0. The highest BCUT2D eigenvalue weighted by Crippen LogP contribution is 2.47. The Kier molecular flexibility index (Phi) is 6.97. The molecule has 2 aliphatic rings. The van der Waals surface area contributed by atoms with E-state index in [2.05, 4.69) is 11.0 Å². The quantitative estimate of drug-likeness (QED) is 0.405. The lowest BCUT2D eigenvalue weighted by Crippen LogP contribution is -2.47. The lowest BCUT2D eigenvalue weighted by molar-refractivity contribution is 0.0767. The molecule has 0 aromatic heterocycles. The second-order valence-electron chi connectivity index (χ2n) is 8.36. The van der Waals surface area contributed by atoms with Gasteiger partial charge in [0.05, 0.1) is 17.6 Å². The van der Waals surface area contributed by atoms with E-state index >= 15 is 0 Å². The number of nitrogens with zero attached hydrogens (tertiary/aromatic N) is 1. The summed E-state index contributed by atoms with van der Waals surface area (Å²) in [6, 6.07) is 25.6. The molecule has 0 aliphatic carbocycles. The molecular weight excluding hydrogens is 466 g/mol. The van der Waals surface area contributed by atoms with Crippen molar-refractivity contribution in [2.24, 2.45) is 0 Å². The first-order valence-electron chi connectivity index (χ1n) is 11.1. The van der Waals surface area contributed by atoms with E-state index in [1.165, 1.54) is 0 Å². The number of halogens is 1. The Balaban J connectivity index is 0.00000245. The van der Waals surface area contributed by atoms with Crippen LogP contribution in [0.2, 0.25) is 0 Å². The van der Waals surface area contributed by atoms with Crippen LogP contribution in [-0.2, 0) is 5.41 Å². The number of carbonyl (C=O) groups excluding carboxylic acids is 1. The molecule has 0 bridgehead atoms. The van der Waals surface area contributed by atoms with Crippen molar-refractivity contribution in [3.63, 3.8) is 0 Å². The largest absolute Gasteiger partial charge is 0.494 e. The number of piperidine rings is 1. The summed E-state index contributed by atoms with van der Waals surface area (Å²) in [5, 5.41) is 0. The van der Waals surface area contributed by atoms with Crippen molar-refractivity contribution in [3.8, 4) is 17.2 Å². The molecule has 4 nitrogen and oxygen atoms in total. The highest BCUT2D eigenvalue weighted by molar-refractivity contribution is 8.93. The van der Waals surface area contributed by atoms with Gasteiger partial charge in [0, 0.05) is 12.1 Å². The van der Waals surface area contributed by atoms with E-state index in [-0.39, 0.29) is 22.8 Å². The monoisotopic (exact) mass is 493 g/mol. The highest BCUT2D eigenvalue weighted by atomic mass is 79.9. The third-order valence-electron chi connectivity index (χ3n) is 6.53. The highest BCUT2D eigenvalue weighted by Gasteiger charge is 2.47. The fraction of sp³-hybridized carbons (Fsp3) is 0.296. The zero-order valence-electron chi connectivity index (χ0n) is 18.0. The third kappa shape index (κ3) is 4.32. The van der Waals surface area contributed by atoms with Gasteiger partial charge in [-0.15, -0.1) is 17.0 Å². The Hall–Kier alpha value is -2.63. The first-order valence-corrected chi connectivity index (χ1v) is 11.1. The Morgan fingerprint density at radius 1 is 0.844 bits per heavy atom. The van der Waals surface area contributed by atoms with Crippen LogP contribution < -0.4 is 9.47 Å². The molecule has 0 atom stereocenters. The Labute approximate surface area is 199 Å². The molecule has 5 heteroatoms. The fourth-order valence-corrected chi connectivity index (χ4v) is 4.84. The van der Waals surface area contributed by atoms with Gasteiger partial charge < -0.3 is 14.4 Å². The van der Waals surface area contributed by atoms with Crippen LogP contribution in [0.15, 0.2) is 78.9 Å². The second-order valence-corrected chi connectivity index (χ2v) is 8.36. The maximum absolute atomic E-state index is 13.8. The molecule has 166 valence electrons. The molecule has 3 aromatic rings. The van der Waals surface area contributed by atoms with E-state index < -0.39 is 5.41 Å². The number of ether oxygens (including phenoxy) is 2. The smallest absolute Gasteiger partial charge is 0.177 e. The van der Waals surface area contributed by atoms with Crippen molar-refractivity contribution in [1.82, 2.24) is 4.90 Å². The summed E-state index contributed by atoms with van der Waals surface area (Å²) in [6.45, 7) is 3.47. The molecule has 5 rings (SSSR count). The van der Waals surface area contributed by atoms with Crippen molar-refractivity contribution in [2.45, 2.75) is 24.7 Å². The molecule has 0 N–H and O–H groups in total. The predicted octanol–water partition coefficient (Wildman–Crippen LogP) is 6.06. The van der Waals surface area contributed by atoms with Crippen LogP contribution in [0.4, 0.5) is 0 Å². The van der Waals surface area contributed by atoms with Gasteiger partial charge in [0.15, 0.2) is 5.78 Å². The Morgan fingerprint density at radius 2 is 1.50 bits per heavy atom. The van der Waals surface area contributed by atoms with Gasteiger partial charge in [-0.2, -0.15) is 0 Å². The Bertz CT molecular complexity index is 1060. The van der Waals surface area contributed by atoms with Gasteiger partial charge in [0.2, 0.25) is 0 Å². The summed E-state index contributed by atoms with van der Waals surface area (Å²) in [5.41, 5.74) is 1.21. The number of carbonyl (C=O) groups is 1. The first-order chi connectivity index (χ1) is 15.3. The second kappa shape index (κ2) is 9.88. The van der Waals surface area contributed by atoms with E-state index in [1.54, 1.807) is 0 Å². The minimum atomic E-state index is -0.514. The predicted molar refractivity (Wildman–Crippen MR) is 132 cm³/mol. The molecule has 1 saturated heterocycles. The van der Waals surface area contributed by atoms with Gasteiger partial charge in [0.1, 0.15) is 17.2 Å². The number of fused-ring (bicyclic) bond motifs is 3. The summed E-state index contributed by atoms with van der Waals surface area (Å²) < 4.78 is 12.0. The molecule has 0 amide bonds. The third-order valence-corrected chi connectivity index (χ3v) is 6.53. The average Bonchev–Trinajstić information content (AvgIpc) is 2.92. The molecule has 1 fully saturated rings. The molecule has 0 saturated carbocycles. The number of hydrogen-bond acceptors (Lipinski definition) is 4. The van der Waals surface area contributed by atoms with E-state index in [0.717, 1.165) is 56.0 Å². The van der Waals surface area contributed by atoms with Crippen LogP contribution in [0.25, 0.3) is 0 Å². The summed E-state index contributed by atoms with van der Waals surface area (Å²) in [5.74, 6) is 2.59. The normalized spacial score (nSPS) is 16.8. The molecule has 0 unspecified atom stereocenters. The van der Waals surface area contributed by atoms with E-state index in [1.807, 2.05) is 72.8 Å². The number of benzene rings is 3.